The summed E-state index contributed by atoms with van der Waals surface area (Å²) in [6.45, 7) is 0. The van der Waals surface area contributed by atoms with E-state index in [1.54, 1.807) is 13.3 Å². The van der Waals surface area contributed by atoms with Gasteiger partial charge in [0.05, 0.1) is 22.6 Å². The summed E-state index contributed by atoms with van der Waals surface area (Å²) in [5, 5.41) is 6.94. The maximum absolute atomic E-state index is 5.09. The maximum atomic E-state index is 5.09. The van der Waals surface area contributed by atoms with Gasteiger partial charge in [-0.3, -0.25) is 5.10 Å². The van der Waals surface area contributed by atoms with Crippen LogP contribution < -0.4 is 4.74 Å². The molecule has 0 saturated carbocycles. The zero-order valence-corrected chi connectivity index (χ0v) is 9.78. The lowest BCUT2D eigenvalue weighted by Gasteiger charge is -2.01. The topological polar surface area (TPSA) is 37.9 Å². The van der Waals surface area contributed by atoms with E-state index >= 15 is 0 Å². The van der Waals surface area contributed by atoms with Crippen molar-refractivity contribution in [2.75, 3.05) is 7.11 Å². The summed E-state index contributed by atoms with van der Waals surface area (Å²) in [6.07, 6.45) is 1.81. The molecular formula is C10H9IN2O. The first kappa shape index (κ1) is 9.51. The number of nitrogens with zero attached hydrogens (tertiary/aromatic N) is 1. The van der Waals surface area contributed by atoms with E-state index in [-0.39, 0.29) is 0 Å². The van der Waals surface area contributed by atoms with Gasteiger partial charge in [0.15, 0.2) is 0 Å². The zero-order valence-electron chi connectivity index (χ0n) is 7.62. The third-order valence-corrected chi connectivity index (χ3v) is 2.79. The molecule has 0 atom stereocenters. The monoisotopic (exact) mass is 300 g/mol. The van der Waals surface area contributed by atoms with Gasteiger partial charge in [0, 0.05) is 5.56 Å². The van der Waals surface area contributed by atoms with Crippen LogP contribution in [-0.4, -0.2) is 17.3 Å². The van der Waals surface area contributed by atoms with Gasteiger partial charge in [0.2, 0.25) is 0 Å². The van der Waals surface area contributed by atoms with Crippen molar-refractivity contribution >= 4 is 22.6 Å². The van der Waals surface area contributed by atoms with Crippen LogP contribution in [0.2, 0.25) is 0 Å². The van der Waals surface area contributed by atoms with Crippen LogP contribution in [0.5, 0.6) is 5.75 Å². The number of rotatable bonds is 2. The van der Waals surface area contributed by atoms with Crippen LogP contribution in [0, 0.1) is 3.57 Å². The molecule has 1 aromatic carbocycles. The SMILES string of the molecule is COc1ccc(-c2[nH]ncc2I)cc1. The summed E-state index contributed by atoms with van der Waals surface area (Å²) in [7, 11) is 1.66. The maximum Gasteiger partial charge on any atom is 0.118 e. The lowest BCUT2D eigenvalue weighted by atomic mass is 10.1. The van der Waals surface area contributed by atoms with Crippen LogP contribution in [0.1, 0.15) is 0 Å². The van der Waals surface area contributed by atoms with Crippen molar-refractivity contribution in [2.24, 2.45) is 0 Å². The Kier molecular flexibility index (Phi) is 2.72. The summed E-state index contributed by atoms with van der Waals surface area (Å²) in [5.41, 5.74) is 2.17. The van der Waals surface area contributed by atoms with E-state index < -0.39 is 0 Å². The fourth-order valence-electron chi connectivity index (χ4n) is 1.23. The average Bonchev–Trinajstić information content (AvgIpc) is 2.65. The molecule has 1 aromatic heterocycles. The van der Waals surface area contributed by atoms with Gasteiger partial charge in [0.1, 0.15) is 5.75 Å². The quantitative estimate of drug-likeness (QED) is 0.866. The average molecular weight is 300 g/mol. The second-order valence-electron chi connectivity index (χ2n) is 2.82. The molecule has 0 aliphatic carbocycles. The summed E-state index contributed by atoms with van der Waals surface area (Å²) in [5.74, 6) is 0.864. The first-order valence-electron chi connectivity index (χ1n) is 4.14. The molecule has 0 spiro atoms. The van der Waals surface area contributed by atoms with E-state index in [9.17, 15) is 0 Å². The van der Waals surface area contributed by atoms with Gasteiger partial charge >= 0.3 is 0 Å². The third kappa shape index (κ3) is 1.75. The molecule has 72 valence electrons. The number of H-pyrrole nitrogens is 1. The Morgan fingerprint density at radius 1 is 1.29 bits per heavy atom. The minimum atomic E-state index is 0.864. The highest BCUT2D eigenvalue weighted by Gasteiger charge is 2.04. The molecule has 0 saturated heterocycles. The predicted octanol–water partition coefficient (Wildman–Crippen LogP) is 2.69. The predicted molar refractivity (Wildman–Crippen MR) is 63.3 cm³/mol. The molecule has 1 N–H and O–H groups in total. The molecule has 0 bridgehead atoms. The summed E-state index contributed by atoms with van der Waals surface area (Å²) < 4.78 is 6.21. The van der Waals surface area contributed by atoms with Crippen LogP contribution in [0.15, 0.2) is 30.5 Å². The Balaban J connectivity index is 2.39. The van der Waals surface area contributed by atoms with Gasteiger partial charge in [-0.05, 0) is 46.9 Å². The van der Waals surface area contributed by atoms with Gasteiger partial charge in [-0.2, -0.15) is 5.10 Å². The van der Waals surface area contributed by atoms with Gasteiger partial charge < -0.3 is 4.74 Å². The number of ether oxygens (including phenoxy) is 1. The number of aromatic amines is 1. The molecule has 3 nitrogen and oxygen atoms in total. The fourth-order valence-corrected chi connectivity index (χ4v) is 1.80. The molecule has 0 fully saturated rings. The lowest BCUT2D eigenvalue weighted by Crippen LogP contribution is -1.84. The molecule has 1 heterocycles. The number of aromatic nitrogens is 2. The number of halogens is 1. The van der Waals surface area contributed by atoms with Crippen LogP contribution in [0.25, 0.3) is 11.3 Å². The Bertz CT molecular complexity index is 422. The van der Waals surface area contributed by atoms with Crippen molar-refractivity contribution in [1.29, 1.82) is 0 Å². The van der Waals surface area contributed by atoms with Crippen molar-refractivity contribution in [2.45, 2.75) is 0 Å². The number of methoxy groups -OCH3 is 1. The van der Waals surface area contributed by atoms with Crippen LogP contribution in [0.3, 0.4) is 0 Å². The van der Waals surface area contributed by atoms with Gasteiger partial charge in [-0.1, -0.05) is 0 Å². The van der Waals surface area contributed by atoms with Crippen molar-refractivity contribution in [3.63, 3.8) is 0 Å². The third-order valence-electron chi connectivity index (χ3n) is 1.97. The number of benzene rings is 1. The number of nitrogens with one attached hydrogen (secondary N) is 1. The molecule has 14 heavy (non-hydrogen) atoms. The van der Waals surface area contributed by atoms with Crippen molar-refractivity contribution < 1.29 is 4.74 Å². The summed E-state index contributed by atoms with van der Waals surface area (Å²) in [6, 6.07) is 7.89. The minimum Gasteiger partial charge on any atom is -0.497 e. The highest BCUT2D eigenvalue weighted by molar-refractivity contribution is 14.1. The van der Waals surface area contributed by atoms with Gasteiger partial charge in [0.25, 0.3) is 0 Å². The molecule has 4 heteroatoms. The molecule has 0 radical (unpaired) electrons. The van der Waals surface area contributed by atoms with Crippen LogP contribution in [0.4, 0.5) is 0 Å². The summed E-state index contributed by atoms with van der Waals surface area (Å²) in [4.78, 5) is 0. The Labute approximate surface area is 95.6 Å². The number of hydrogen-bond acceptors (Lipinski definition) is 2. The Morgan fingerprint density at radius 2 is 2.00 bits per heavy atom. The normalized spacial score (nSPS) is 10.1. The van der Waals surface area contributed by atoms with E-state index in [1.807, 2.05) is 24.3 Å². The zero-order chi connectivity index (χ0) is 9.97. The van der Waals surface area contributed by atoms with E-state index in [2.05, 4.69) is 32.8 Å². The first-order chi connectivity index (χ1) is 6.81. The van der Waals surface area contributed by atoms with E-state index in [0.29, 0.717) is 0 Å². The van der Waals surface area contributed by atoms with E-state index in [1.165, 1.54) is 0 Å². The van der Waals surface area contributed by atoms with E-state index in [4.69, 9.17) is 4.74 Å². The van der Waals surface area contributed by atoms with Crippen molar-refractivity contribution in [3.05, 3.63) is 34.0 Å². The van der Waals surface area contributed by atoms with Gasteiger partial charge in [-0.15, -0.1) is 0 Å². The molecule has 0 aliphatic heterocycles. The molecule has 0 aliphatic rings. The first-order valence-corrected chi connectivity index (χ1v) is 5.22. The lowest BCUT2D eigenvalue weighted by molar-refractivity contribution is 0.415. The van der Waals surface area contributed by atoms with Crippen molar-refractivity contribution in [3.8, 4) is 17.0 Å². The molecule has 2 rings (SSSR count). The van der Waals surface area contributed by atoms with E-state index in [0.717, 1.165) is 20.6 Å². The second-order valence-corrected chi connectivity index (χ2v) is 3.98. The smallest absolute Gasteiger partial charge is 0.118 e. The molecule has 0 unspecified atom stereocenters. The van der Waals surface area contributed by atoms with Crippen molar-refractivity contribution in [1.82, 2.24) is 10.2 Å². The highest BCUT2D eigenvalue weighted by Crippen LogP contribution is 2.24. The summed E-state index contributed by atoms with van der Waals surface area (Å²) >= 11 is 2.25. The number of hydrogen-bond donors (Lipinski definition) is 1. The standard InChI is InChI=1S/C10H9IN2O/c1-14-8-4-2-7(3-5-8)10-9(11)6-12-13-10/h2-6H,1H3,(H,12,13). The molecular weight excluding hydrogens is 291 g/mol. The van der Waals surface area contributed by atoms with Crippen LogP contribution in [-0.2, 0) is 0 Å². The fraction of sp³-hybridized carbons (Fsp3) is 0.100. The highest BCUT2D eigenvalue weighted by atomic mass is 127. The Hall–Kier alpha value is -1.04. The second kappa shape index (κ2) is 4.00. The molecule has 2 aromatic rings. The largest absolute Gasteiger partial charge is 0.497 e. The molecule has 0 amide bonds. The minimum absolute atomic E-state index is 0.864. The van der Waals surface area contributed by atoms with Gasteiger partial charge in [-0.25, -0.2) is 0 Å². The van der Waals surface area contributed by atoms with Crippen LogP contribution >= 0.6 is 22.6 Å². The Morgan fingerprint density at radius 3 is 2.50 bits per heavy atom.